The van der Waals surface area contributed by atoms with Crippen molar-refractivity contribution in [1.29, 1.82) is 0 Å². The molecular formula is C11H12ClN3S. The first-order valence-corrected chi connectivity index (χ1v) is 6.32. The Balaban J connectivity index is 2.12. The lowest BCUT2D eigenvalue weighted by Gasteiger charge is -2.09. The Morgan fingerprint density at radius 1 is 1.44 bits per heavy atom. The Hall–Kier alpha value is -1.13. The van der Waals surface area contributed by atoms with Crippen molar-refractivity contribution in [3.8, 4) is 0 Å². The zero-order valence-electron chi connectivity index (χ0n) is 8.90. The number of halogens is 1. The smallest absolute Gasteiger partial charge is 0.137 e. The van der Waals surface area contributed by atoms with Crippen LogP contribution in [-0.2, 0) is 13.0 Å². The molecular weight excluding hydrogens is 242 g/mol. The van der Waals surface area contributed by atoms with E-state index >= 15 is 0 Å². The van der Waals surface area contributed by atoms with E-state index in [2.05, 4.69) is 26.7 Å². The minimum Gasteiger partial charge on any atom is -0.365 e. The van der Waals surface area contributed by atoms with Gasteiger partial charge in [0.15, 0.2) is 0 Å². The molecule has 16 heavy (non-hydrogen) atoms. The Bertz CT molecular complexity index is 456. The van der Waals surface area contributed by atoms with E-state index in [1.54, 1.807) is 11.3 Å². The van der Waals surface area contributed by atoms with Crippen molar-refractivity contribution in [1.82, 2.24) is 9.97 Å². The molecule has 0 unspecified atom stereocenters. The molecule has 5 heteroatoms. The van der Waals surface area contributed by atoms with Gasteiger partial charge in [-0.25, -0.2) is 9.97 Å². The molecule has 0 aromatic carbocycles. The molecule has 0 amide bonds. The zero-order valence-corrected chi connectivity index (χ0v) is 10.5. The van der Waals surface area contributed by atoms with Gasteiger partial charge in [0.05, 0.1) is 6.54 Å². The second-order valence-electron chi connectivity index (χ2n) is 3.28. The van der Waals surface area contributed by atoms with Crippen molar-refractivity contribution >= 4 is 28.8 Å². The molecule has 0 saturated heterocycles. The number of thiophene rings is 1. The molecule has 0 aliphatic carbocycles. The van der Waals surface area contributed by atoms with E-state index in [0.29, 0.717) is 5.15 Å². The van der Waals surface area contributed by atoms with Gasteiger partial charge in [-0.15, -0.1) is 11.3 Å². The molecule has 0 bridgehead atoms. The summed E-state index contributed by atoms with van der Waals surface area (Å²) in [6.07, 6.45) is 2.31. The van der Waals surface area contributed by atoms with Crippen LogP contribution in [0.3, 0.4) is 0 Å². The third-order valence-corrected chi connectivity index (χ3v) is 3.46. The highest BCUT2D eigenvalue weighted by Gasteiger charge is 2.07. The summed E-state index contributed by atoms with van der Waals surface area (Å²) in [6, 6.07) is 4.13. The van der Waals surface area contributed by atoms with E-state index in [1.807, 2.05) is 13.0 Å². The van der Waals surface area contributed by atoms with Gasteiger partial charge in [-0.2, -0.15) is 0 Å². The highest BCUT2D eigenvalue weighted by atomic mass is 35.5. The number of rotatable bonds is 4. The fourth-order valence-electron chi connectivity index (χ4n) is 1.44. The molecule has 1 N–H and O–H groups in total. The minimum absolute atomic E-state index is 0.533. The summed E-state index contributed by atoms with van der Waals surface area (Å²) in [6.45, 7) is 2.82. The van der Waals surface area contributed by atoms with Crippen LogP contribution in [0, 0.1) is 0 Å². The van der Waals surface area contributed by atoms with Crippen LogP contribution in [0.25, 0.3) is 0 Å². The van der Waals surface area contributed by atoms with Crippen molar-refractivity contribution < 1.29 is 0 Å². The van der Waals surface area contributed by atoms with E-state index in [9.17, 15) is 0 Å². The third kappa shape index (κ3) is 2.51. The van der Waals surface area contributed by atoms with Crippen molar-refractivity contribution in [2.45, 2.75) is 19.9 Å². The summed E-state index contributed by atoms with van der Waals surface area (Å²) in [5.41, 5.74) is 0.973. The van der Waals surface area contributed by atoms with Gasteiger partial charge in [-0.1, -0.05) is 24.6 Å². The van der Waals surface area contributed by atoms with Crippen LogP contribution in [-0.4, -0.2) is 9.97 Å². The predicted molar refractivity (Wildman–Crippen MR) is 68.1 cm³/mol. The lowest BCUT2D eigenvalue weighted by Crippen LogP contribution is -2.04. The highest BCUT2D eigenvalue weighted by Crippen LogP contribution is 2.21. The average Bonchev–Trinajstić information content (AvgIpc) is 2.79. The SMILES string of the molecule is CCc1c(Cl)ncnc1NCc1cccs1. The van der Waals surface area contributed by atoms with Crippen LogP contribution >= 0.6 is 22.9 Å². The van der Waals surface area contributed by atoms with Crippen LogP contribution in [0.5, 0.6) is 0 Å². The molecule has 2 heterocycles. The average molecular weight is 254 g/mol. The fraction of sp³-hybridized carbons (Fsp3) is 0.273. The molecule has 84 valence electrons. The highest BCUT2D eigenvalue weighted by molar-refractivity contribution is 7.09. The summed E-state index contributed by atoms with van der Waals surface area (Å²) in [4.78, 5) is 9.46. The maximum atomic E-state index is 6.00. The van der Waals surface area contributed by atoms with Gasteiger partial charge in [-0.3, -0.25) is 0 Å². The molecule has 0 spiro atoms. The summed E-state index contributed by atoms with van der Waals surface area (Å²) < 4.78 is 0. The molecule has 0 radical (unpaired) electrons. The second kappa shape index (κ2) is 5.27. The Morgan fingerprint density at radius 3 is 3.00 bits per heavy atom. The zero-order chi connectivity index (χ0) is 11.4. The first-order chi connectivity index (χ1) is 7.81. The maximum absolute atomic E-state index is 6.00. The van der Waals surface area contributed by atoms with E-state index in [4.69, 9.17) is 11.6 Å². The van der Waals surface area contributed by atoms with Crippen molar-refractivity contribution in [2.75, 3.05) is 5.32 Å². The monoisotopic (exact) mass is 253 g/mol. The van der Waals surface area contributed by atoms with Crippen LogP contribution < -0.4 is 5.32 Å². The Labute approximate surface area is 104 Å². The molecule has 2 rings (SSSR count). The van der Waals surface area contributed by atoms with E-state index in [1.165, 1.54) is 11.2 Å². The number of hydrogen-bond donors (Lipinski definition) is 1. The molecule has 0 saturated carbocycles. The first kappa shape index (κ1) is 11.4. The molecule has 2 aromatic heterocycles. The van der Waals surface area contributed by atoms with Crippen LogP contribution in [0.1, 0.15) is 17.4 Å². The van der Waals surface area contributed by atoms with Crippen molar-refractivity contribution in [2.24, 2.45) is 0 Å². The lowest BCUT2D eigenvalue weighted by molar-refractivity contribution is 1.02. The quantitative estimate of drug-likeness (QED) is 0.849. The lowest BCUT2D eigenvalue weighted by atomic mass is 10.2. The number of anilines is 1. The molecule has 0 aliphatic heterocycles. The van der Waals surface area contributed by atoms with Gasteiger partial charge in [0.2, 0.25) is 0 Å². The summed E-state index contributed by atoms with van der Waals surface area (Å²) in [5, 5.41) is 5.88. The Kier molecular flexibility index (Phi) is 3.74. The predicted octanol–water partition coefficient (Wildman–Crippen LogP) is 3.37. The summed E-state index contributed by atoms with van der Waals surface area (Å²) in [7, 11) is 0. The van der Waals surface area contributed by atoms with E-state index in [-0.39, 0.29) is 0 Å². The van der Waals surface area contributed by atoms with Crippen LogP contribution in [0.15, 0.2) is 23.8 Å². The second-order valence-corrected chi connectivity index (χ2v) is 4.67. The van der Waals surface area contributed by atoms with Crippen molar-refractivity contribution in [3.05, 3.63) is 39.4 Å². The summed E-state index contributed by atoms with van der Waals surface area (Å²) in [5.74, 6) is 0.830. The topological polar surface area (TPSA) is 37.8 Å². The van der Waals surface area contributed by atoms with Crippen LogP contribution in [0.4, 0.5) is 5.82 Å². The third-order valence-electron chi connectivity index (χ3n) is 2.26. The van der Waals surface area contributed by atoms with Crippen LogP contribution in [0.2, 0.25) is 5.15 Å². The van der Waals surface area contributed by atoms with Gasteiger partial charge < -0.3 is 5.32 Å². The molecule has 2 aromatic rings. The van der Waals surface area contributed by atoms with Gasteiger partial charge in [0.1, 0.15) is 17.3 Å². The molecule has 0 fully saturated rings. The van der Waals surface area contributed by atoms with Gasteiger partial charge in [0.25, 0.3) is 0 Å². The van der Waals surface area contributed by atoms with Gasteiger partial charge >= 0.3 is 0 Å². The maximum Gasteiger partial charge on any atom is 0.137 e. The van der Waals surface area contributed by atoms with Crippen molar-refractivity contribution in [3.63, 3.8) is 0 Å². The van der Waals surface area contributed by atoms with Gasteiger partial charge in [-0.05, 0) is 17.9 Å². The number of hydrogen-bond acceptors (Lipinski definition) is 4. The molecule has 3 nitrogen and oxygen atoms in total. The number of nitrogens with one attached hydrogen (secondary N) is 1. The summed E-state index contributed by atoms with van der Waals surface area (Å²) >= 11 is 7.72. The normalized spacial score (nSPS) is 10.4. The first-order valence-electron chi connectivity index (χ1n) is 5.07. The number of nitrogens with zero attached hydrogens (tertiary/aromatic N) is 2. The fourth-order valence-corrected chi connectivity index (χ4v) is 2.35. The molecule has 0 atom stereocenters. The van der Waals surface area contributed by atoms with E-state index in [0.717, 1.165) is 24.3 Å². The standard InChI is InChI=1S/C11H12ClN3S/c1-2-9-10(12)14-7-15-11(9)13-6-8-4-3-5-16-8/h3-5,7H,2,6H2,1H3,(H,13,14,15). The molecule has 0 aliphatic rings. The number of aromatic nitrogens is 2. The minimum atomic E-state index is 0.533. The van der Waals surface area contributed by atoms with Gasteiger partial charge in [0, 0.05) is 10.4 Å². The van der Waals surface area contributed by atoms with E-state index < -0.39 is 0 Å². The largest absolute Gasteiger partial charge is 0.365 e. The Morgan fingerprint density at radius 2 is 2.31 bits per heavy atom.